The predicted octanol–water partition coefficient (Wildman–Crippen LogP) is 6.72. The molecule has 1 aromatic heterocycles. The molecular weight excluding hydrogens is 425 g/mol. The van der Waals surface area contributed by atoms with Crippen LogP contribution >= 0.6 is 11.8 Å². The Kier molecular flexibility index (Phi) is 7.27. The molecule has 0 aliphatic heterocycles. The second-order valence-electron chi connectivity index (χ2n) is 6.85. The van der Waals surface area contributed by atoms with Gasteiger partial charge in [0.25, 0.3) is 0 Å². The minimum atomic E-state index is -4.76. The maximum Gasteiger partial charge on any atom is 0.573 e. The van der Waals surface area contributed by atoms with Crippen LogP contribution in [0.25, 0.3) is 11.3 Å². The summed E-state index contributed by atoms with van der Waals surface area (Å²) in [7, 11) is 0. The van der Waals surface area contributed by atoms with Gasteiger partial charge in [-0.2, -0.15) is 4.98 Å². The number of ether oxygens (including phenoxy) is 1. The van der Waals surface area contributed by atoms with Gasteiger partial charge in [-0.15, -0.1) is 24.9 Å². The smallest absolute Gasteiger partial charge is 0.406 e. The van der Waals surface area contributed by atoms with E-state index in [1.54, 1.807) is 23.9 Å². The largest absolute Gasteiger partial charge is 0.573 e. The molecule has 2 N–H and O–H groups in total. The van der Waals surface area contributed by atoms with Crippen LogP contribution in [-0.2, 0) is 0 Å². The number of alkyl halides is 3. The predicted molar refractivity (Wildman–Crippen MR) is 119 cm³/mol. The van der Waals surface area contributed by atoms with E-state index in [0.717, 1.165) is 17.0 Å². The Bertz CT molecular complexity index is 1030. The average Bonchev–Trinajstić information content (AvgIpc) is 2.72. The van der Waals surface area contributed by atoms with Crippen molar-refractivity contribution in [3.05, 3.63) is 54.6 Å². The summed E-state index contributed by atoms with van der Waals surface area (Å²) in [5, 5.41) is 6.48. The zero-order chi connectivity index (χ0) is 22.4. The molecule has 1 heterocycles. The molecule has 0 radical (unpaired) electrons. The molecule has 0 saturated heterocycles. The Balaban J connectivity index is 1.98. The van der Waals surface area contributed by atoms with E-state index < -0.39 is 6.36 Å². The number of halogens is 3. The molecule has 0 spiro atoms. The van der Waals surface area contributed by atoms with E-state index in [1.807, 2.05) is 44.4 Å². The molecule has 3 aromatic rings. The van der Waals surface area contributed by atoms with Crippen LogP contribution in [-0.4, -0.2) is 28.6 Å². The van der Waals surface area contributed by atoms with Gasteiger partial charge in [-0.25, -0.2) is 4.98 Å². The Hall–Kier alpha value is -2.94. The zero-order valence-electron chi connectivity index (χ0n) is 17.3. The van der Waals surface area contributed by atoms with Gasteiger partial charge in [0.15, 0.2) is 0 Å². The molecular formula is C22H23F3N4OS. The van der Waals surface area contributed by atoms with Gasteiger partial charge in [-0.1, -0.05) is 25.1 Å². The summed E-state index contributed by atoms with van der Waals surface area (Å²) in [6, 6.07) is 15.4. The lowest BCUT2D eigenvalue weighted by Crippen LogP contribution is -2.17. The highest BCUT2D eigenvalue weighted by Crippen LogP contribution is 2.30. The maximum atomic E-state index is 12.6. The van der Waals surface area contributed by atoms with Crippen molar-refractivity contribution in [1.29, 1.82) is 0 Å². The molecule has 164 valence electrons. The van der Waals surface area contributed by atoms with Crippen molar-refractivity contribution >= 4 is 29.2 Å². The molecule has 0 bridgehead atoms. The molecule has 0 saturated carbocycles. The zero-order valence-corrected chi connectivity index (χ0v) is 18.1. The van der Waals surface area contributed by atoms with Gasteiger partial charge in [0.1, 0.15) is 11.6 Å². The lowest BCUT2D eigenvalue weighted by atomic mass is 10.1. The summed E-state index contributed by atoms with van der Waals surface area (Å²) in [6.45, 7) is 4.04. The summed E-state index contributed by atoms with van der Waals surface area (Å²) >= 11 is 1.62. The first-order valence-electron chi connectivity index (χ1n) is 9.68. The molecule has 3 rings (SSSR count). The Morgan fingerprint density at radius 2 is 1.84 bits per heavy atom. The van der Waals surface area contributed by atoms with Crippen LogP contribution in [0.15, 0.2) is 59.5 Å². The van der Waals surface area contributed by atoms with Crippen molar-refractivity contribution in [2.75, 3.05) is 16.9 Å². The van der Waals surface area contributed by atoms with E-state index in [4.69, 9.17) is 0 Å². The van der Waals surface area contributed by atoms with Crippen molar-refractivity contribution in [2.24, 2.45) is 0 Å². The van der Waals surface area contributed by atoms with Crippen molar-refractivity contribution in [1.82, 2.24) is 9.97 Å². The molecule has 0 amide bonds. The molecule has 5 nitrogen and oxygen atoms in total. The summed E-state index contributed by atoms with van der Waals surface area (Å²) in [5.74, 6) is 0.607. The topological polar surface area (TPSA) is 59.1 Å². The van der Waals surface area contributed by atoms with Gasteiger partial charge in [0.2, 0.25) is 5.95 Å². The number of benzene rings is 2. The Morgan fingerprint density at radius 3 is 2.55 bits per heavy atom. The fourth-order valence-corrected chi connectivity index (χ4v) is 3.21. The molecule has 2 aromatic carbocycles. The van der Waals surface area contributed by atoms with Crippen LogP contribution in [0.4, 0.5) is 30.6 Å². The average molecular weight is 449 g/mol. The normalized spacial score (nSPS) is 12.3. The van der Waals surface area contributed by atoms with Crippen LogP contribution < -0.4 is 15.4 Å². The van der Waals surface area contributed by atoms with Gasteiger partial charge in [0.05, 0.1) is 5.69 Å². The van der Waals surface area contributed by atoms with Gasteiger partial charge >= 0.3 is 6.36 Å². The van der Waals surface area contributed by atoms with Gasteiger partial charge < -0.3 is 15.4 Å². The molecule has 0 aliphatic rings. The third kappa shape index (κ3) is 6.78. The molecule has 0 aliphatic carbocycles. The Labute approximate surface area is 183 Å². The second-order valence-corrected chi connectivity index (χ2v) is 7.73. The molecule has 1 atom stereocenters. The van der Waals surface area contributed by atoms with Gasteiger partial charge in [-0.05, 0) is 49.9 Å². The molecule has 0 unspecified atom stereocenters. The molecule has 0 fully saturated rings. The number of hydrogen-bond acceptors (Lipinski definition) is 6. The minimum absolute atomic E-state index is 0.128. The fraction of sp³-hybridized carbons (Fsp3) is 0.273. The SMILES string of the molecule is CC[C@@H](C)Nc1nc(Nc2cccc(SC)c2)cc(-c2cccc(OC(F)(F)F)c2)n1. The highest BCUT2D eigenvalue weighted by molar-refractivity contribution is 7.98. The monoisotopic (exact) mass is 448 g/mol. The number of aromatic nitrogens is 2. The van der Waals surface area contributed by atoms with Crippen LogP contribution in [0.5, 0.6) is 5.75 Å². The number of nitrogens with zero attached hydrogens (tertiary/aromatic N) is 2. The third-order valence-electron chi connectivity index (χ3n) is 4.42. The Morgan fingerprint density at radius 1 is 1.06 bits per heavy atom. The van der Waals surface area contributed by atoms with Crippen LogP contribution in [0.2, 0.25) is 0 Å². The summed E-state index contributed by atoms with van der Waals surface area (Å²) in [6.07, 6.45) is -1.91. The number of anilines is 3. The number of hydrogen-bond donors (Lipinski definition) is 2. The van der Waals surface area contributed by atoms with Gasteiger partial charge in [-0.3, -0.25) is 0 Å². The maximum absolute atomic E-state index is 12.6. The van der Waals surface area contributed by atoms with Crippen molar-refractivity contribution in [2.45, 2.75) is 37.6 Å². The standard InChI is InChI=1S/C22H23F3N4OS/c1-4-14(2)26-21-28-19(15-7-5-9-17(11-15)30-22(23,24)25)13-20(29-21)27-16-8-6-10-18(12-16)31-3/h5-14H,4H2,1-3H3,(H2,26,27,28,29)/t14-/m1/s1. The first-order valence-corrected chi connectivity index (χ1v) is 10.9. The first kappa shape index (κ1) is 22.7. The van der Waals surface area contributed by atoms with Crippen molar-refractivity contribution < 1.29 is 17.9 Å². The number of rotatable bonds is 8. The van der Waals surface area contributed by atoms with Crippen LogP contribution in [0.1, 0.15) is 20.3 Å². The lowest BCUT2D eigenvalue weighted by molar-refractivity contribution is -0.274. The number of thioether (sulfide) groups is 1. The van der Waals surface area contributed by atoms with Crippen molar-refractivity contribution in [3.8, 4) is 17.0 Å². The van der Waals surface area contributed by atoms with Crippen LogP contribution in [0.3, 0.4) is 0 Å². The highest BCUT2D eigenvalue weighted by atomic mass is 32.2. The van der Waals surface area contributed by atoms with E-state index >= 15 is 0 Å². The van der Waals surface area contributed by atoms with Crippen LogP contribution in [0, 0.1) is 0 Å². The van der Waals surface area contributed by atoms with E-state index in [-0.39, 0.29) is 11.8 Å². The summed E-state index contributed by atoms with van der Waals surface area (Å²) in [4.78, 5) is 10.1. The molecule has 9 heteroatoms. The van der Waals surface area contributed by atoms with E-state index in [0.29, 0.717) is 23.0 Å². The minimum Gasteiger partial charge on any atom is -0.406 e. The van der Waals surface area contributed by atoms with E-state index in [1.165, 1.54) is 18.2 Å². The summed E-state index contributed by atoms with van der Waals surface area (Å²) in [5.41, 5.74) is 1.80. The molecule has 31 heavy (non-hydrogen) atoms. The lowest BCUT2D eigenvalue weighted by Gasteiger charge is -2.15. The van der Waals surface area contributed by atoms with Gasteiger partial charge in [0, 0.05) is 28.3 Å². The first-order chi connectivity index (χ1) is 14.8. The fourth-order valence-electron chi connectivity index (χ4n) is 2.75. The quantitative estimate of drug-likeness (QED) is 0.373. The van der Waals surface area contributed by atoms with Crippen molar-refractivity contribution in [3.63, 3.8) is 0 Å². The number of nitrogens with one attached hydrogen (secondary N) is 2. The second kappa shape index (κ2) is 9.91. The summed E-state index contributed by atoms with van der Waals surface area (Å²) < 4.78 is 41.9. The van der Waals surface area contributed by atoms with E-state index in [2.05, 4.69) is 25.3 Å². The third-order valence-corrected chi connectivity index (χ3v) is 5.14. The van der Waals surface area contributed by atoms with E-state index in [9.17, 15) is 13.2 Å². The highest BCUT2D eigenvalue weighted by Gasteiger charge is 2.31.